The number of benzene rings is 3. The van der Waals surface area contributed by atoms with Crippen LogP contribution in [0.25, 0.3) is 22.9 Å². The lowest BCUT2D eigenvalue weighted by Crippen LogP contribution is -1.97. The third kappa shape index (κ3) is 4.80. The summed E-state index contributed by atoms with van der Waals surface area (Å²) in [6.45, 7) is 0.435. The highest BCUT2D eigenvalue weighted by molar-refractivity contribution is 7.11. The van der Waals surface area contributed by atoms with Crippen LogP contribution in [-0.2, 0) is 6.61 Å². The van der Waals surface area contributed by atoms with Crippen LogP contribution < -0.4 is 9.47 Å². The Kier molecular flexibility index (Phi) is 6.49. The first-order chi connectivity index (χ1) is 15.7. The maximum atomic E-state index is 10.1. The highest BCUT2D eigenvalue weighted by Gasteiger charge is 2.12. The number of hydrogen-bond acceptors (Lipinski definition) is 6. The van der Waals surface area contributed by atoms with E-state index >= 15 is 0 Å². The van der Waals surface area contributed by atoms with Gasteiger partial charge in [0.15, 0.2) is 11.5 Å². The van der Waals surface area contributed by atoms with Crippen molar-refractivity contribution in [3.05, 3.63) is 94.3 Å². The van der Waals surface area contributed by atoms with Crippen LogP contribution in [0.3, 0.4) is 0 Å². The summed E-state index contributed by atoms with van der Waals surface area (Å²) in [5.41, 5.74) is 3.55. The number of aromatic hydroxyl groups is 1. The molecule has 0 spiro atoms. The van der Waals surface area contributed by atoms with Gasteiger partial charge in [0, 0.05) is 10.9 Å². The lowest BCUT2D eigenvalue weighted by atomic mass is 10.1. The first-order valence-corrected chi connectivity index (χ1v) is 10.8. The van der Waals surface area contributed by atoms with Gasteiger partial charge in [-0.1, -0.05) is 48.5 Å². The molecule has 3 aromatic carbocycles. The van der Waals surface area contributed by atoms with E-state index in [2.05, 4.69) is 11.1 Å². The predicted molar refractivity (Wildman–Crippen MR) is 126 cm³/mol. The zero-order valence-electron chi connectivity index (χ0n) is 17.4. The van der Waals surface area contributed by atoms with Crippen LogP contribution in [0.1, 0.15) is 16.1 Å². The Morgan fingerprint density at radius 1 is 1.06 bits per heavy atom. The van der Waals surface area contributed by atoms with E-state index in [0.29, 0.717) is 39.9 Å². The van der Waals surface area contributed by atoms with E-state index in [0.717, 1.165) is 11.1 Å². The number of hydrogen-bond donors (Lipinski definition) is 1. The Morgan fingerprint density at radius 2 is 1.84 bits per heavy atom. The summed E-state index contributed by atoms with van der Waals surface area (Å²) < 4.78 is 11.4. The van der Waals surface area contributed by atoms with Crippen LogP contribution in [0.5, 0.6) is 17.2 Å². The number of ether oxygens (including phenoxy) is 2. The Labute approximate surface area is 190 Å². The molecule has 32 heavy (non-hydrogen) atoms. The smallest absolute Gasteiger partial charge is 0.161 e. The molecule has 0 saturated carbocycles. The summed E-state index contributed by atoms with van der Waals surface area (Å²) in [6.07, 6.45) is 1.76. The minimum atomic E-state index is 0.155. The molecule has 0 aliphatic carbocycles. The third-order valence-electron chi connectivity index (χ3n) is 4.77. The van der Waals surface area contributed by atoms with Gasteiger partial charge in [-0.3, -0.25) is 0 Å². The van der Waals surface area contributed by atoms with Crippen LogP contribution in [0.15, 0.2) is 78.2 Å². The zero-order chi connectivity index (χ0) is 22.3. The number of para-hydroxylation sites is 1. The molecule has 5 nitrogen and oxygen atoms in total. The number of methoxy groups -OCH3 is 1. The van der Waals surface area contributed by atoms with Crippen LogP contribution >= 0.6 is 11.3 Å². The highest BCUT2D eigenvalue weighted by Crippen LogP contribution is 2.33. The lowest BCUT2D eigenvalue weighted by molar-refractivity contribution is 0.284. The van der Waals surface area contributed by atoms with Gasteiger partial charge in [-0.15, -0.1) is 11.3 Å². The second kappa shape index (κ2) is 9.82. The van der Waals surface area contributed by atoms with Crippen LogP contribution in [0, 0.1) is 11.3 Å². The average molecular weight is 441 g/mol. The second-order valence-corrected chi connectivity index (χ2v) is 7.77. The molecule has 1 heterocycles. The molecule has 0 fully saturated rings. The number of nitriles is 1. The van der Waals surface area contributed by atoms with Crippen molar-refractivity contribution in [1.82, 2.24) is 4.98 Å². The largest absolute Gasteiger partial charge is 0.507 e. The number of phenolic OH excluding ortho intramolecular Hbond substituents is 1. The van der Waals surface area contributed by atoms with Crippen LogP contribution in [0.4, 0.5) is 0 Å². The minimum Gasteiger partial charge on any atom is -0.507 e. The monoisotopic (exact) mass is 440 g/mol. The van der Waals surface area contributed by atoms with E-state index in [9.17, 15) is 10.4 Å². The molecule has 0 amide bonds. The lowest BCUT2D eigenvalue weighted by Gasteiger charge is -2.11. The average Bonchev–Trinajstić information content (AvgIpc) is 3.32. The first kappa shape index (κ1) is 21.2. The molecular formula is C26H20N2O3S. The van der Waals surface area contributed by atoms with Gasteiger partial charge < -0.3 is 14.6 Å². The van der Waals surface area contributed by atoms with Gasteiger partial charge in [-0.25, -0.2) is 4.98 Å². The van der Waals surface area contributed by atoms with Gasteiger partial charge >= 0.3 is 0 Å². The molecule has 0 unspecified atom stereocenters. The van der Waals surface area contributed by atoms with Crippen molar-refractivity contribution < 1.29 is 14.6 Å². The van der Waals surface area contributed by atoms with Crippen molar-refractivity contribution in [3.8, 4) is 34.6 Å². The van der Waals surface area contributed by atoms with E-state index in [1.165, 1.54) is 11.3 Å². The molecule has 0 bridgehead atoms. The standard InChI is InChI=1S/C26H20N2O3S/c1-30-25-14-19(11-12-24(25)31-16-18-7-3-2-4-8-18)13-20(15-27)26-28-22(17-32-26)21-9-5-6-10-23(21)29/h2-14,17,29H,16H2,1H3/b20-13+. The van der Waals surface area contributed by atoms with E-state index in [1.54, 1.807) is 31.4 Å². The van der Waals surface area contributed by atoms with Crippen molar-refractivity contribution in [2.45, 2.75) is 6.61 Å². The molecule has 1 aromatic heterocycles. The molecule has 0 aliphatic rings. The molecule has 1 N–H and O–H groups in total. The minimum absolute atomic E-state index is 0.155. The van der Waals surface area contributed by atoms with Crippen LogP contribution in [0.2, 0.25) is 0 Å². The van der Waals surface area contributed by atoms with Gasteiger partial charge in [-0.05, 0) is 41.5 Å². The topological polar surface area (TPSA) is 75.4 Å². The molecular weight excluding hydrogens is 420 g/mol. The summed E-state index contributed by atoms with van der Waals surface area (Å²) >= 11 is 1.35. The summed E-state index contributed by atoms with van der Waals surface area (Å²) in [6, 6.07) is 24.7. The molecule has 4 rings (SSSR count). The molecule has 0 aliphatic heterocycles. The van der Waals surface area contributed by atoms with Crippen molar-refractivity contribution in [2.24, 2.45) is 0 Å². The van der Waals surface area contributed by atoms with E-state index in [-0.39, 0.29) is 5.75 Å². The first-order valence-electron chi connectivity index (χ1n) is 9.89. The van der Waals surface area contributed by atoms with Crippen LogP contribution in [-0.4, -0.2) is 17.2 Å². The normalized spacial score (nSPS) is 11.1. The number of nitrogens with zero attached hydrogens (tertiary/aromatic N) is 2. The van der Waals surface area contributed by atoms with E-state index in [4.69, 9.17) is 9.47 Å². The Morgan fingerprint density at radius 3 is 2.59 bits per heavy atom. The molecule has 0 radical (unpaired) electrons. The molecule has 0 saturated heterocycles. The third-order valence-corrected chi connectivity index (χ3v) is 5.65. The zero-order valence-corrected chi connectivity index (χ0v) is 18.2. The summed E-state index contributed by atoms with van der Waals surface area (Å²) in [5, 5.41) is 22.2. The molecule has 0 atom stereocenters. The fourth-order valence-corrected chi connectivity index (χ4v) is 3.93. The predicted octanol–water partition coefficient (Wildman–Crippen LogP) is 6.17. The molecule has 4 aromatic rings. The van der Waals surface area contributed by atoms with Crippen molar-refractivity contribution in [3.63, 3.8) is 0 Å². The SMILES string of the molecule is COc1cc(/C=C(\C#N)c2nc(-c3ccccc3O)cs2)ccc1OCc1ccccc1. The van der Waals surface area contributed by atoms with E-state index in [1.807, 2.05) is 60.0 Å². The summed E-state index contributed by atoms with van der Waals surface area (Å²) in [4.78, 5) is 4.54. The Balaban J connectivity index is 1.57. The number of thiazole rings is 1. The van der Waals surface area contributed by atoms with Gasteiger partial charge in [0.25, 0.3) is 0 Å². The quantitative estimate of drug-likeness (QED) is 0.348. The van der Waals surface area contributed by atoms with Gasteiger partial charge in [0.05, 0.1) is 18.4 Å². The number of aromatic nitrogens is 1. The maximum absolute atomic E-state index is 10.1. The number of phenols is 1. The molecule has 158 valence electrons. The maximum Gasteiger partial charge on any atom is 0.161 e. The number of allylic oxidation sites excluding steroid dienone is 1. The van der Waals surface area contributed by atoms with Gasteiger partial charge in [-0.2, -0.15) is 5.26 Å². The van der Waals surface area contributed by atoms with E-state index < -0.39 is 0 Å². The molecule has 6 heteroatoms. The number of rotatable bonds is 7. The summed E-state index contributed by atoms with van der Waals surface area (Å²) in [5.74, 6) is 1.37. The Hall–Kier alpha value is -4.08. The highest BCUT2D eigenvalue weighted by atomic mass is 32.1. The van der Waals surface area contributed by atoms with Gasteiger partial charge in [0.1, 0.15) is 23.4 Å². The summed E-state index contributed by atoms with van der Waals surface area (Å²) in [7, 11) is 1.59. The van der Waals surface area contributed by atoms with Crippen molar-refractivity contribution in [1.29, 1.82) is 5.26 Å². The van der Waals surface area contributed by atoms with Crippen molar-refractivity contribution >= 4 is 23.0 Å². The Bertz CT molecular complexity index is 1290. The second-order valence-electron chi connectivity index (χ2n) is 6.91. The fourth-order valence-electron chi connectivity index (χ4n) is 3.15. The fraction of sp³-hybridized carbons (Fsp3) is 0.0769. The van der Waals surface area contributed by atoms with Gasteiger partial charge in [0.2, 0.25) is 0 Å². The van der Waals surface area contributed by atoms with Crippen molar-refractivity contribution in [2.75, 3.05) is 7.11 Å².